The zero-order chi connectivity index (χ0) is 17.0. The molecule has 0 radical (unpaired) electrons. The average molecular weight is 302 g/mol. The van der Waals surface area contributed by atoms with Gasteiger partial charge in [0.15, 0.2) is 0 Å². The quantitative estimate of drug-likeness (QED) is 0.530. The Morgan fingerprint density at radius 3 is 2.00 bits per heavy atom. The molecule has 0 atom stereocenters. The minimum absolute atomic E-state index is 0.113. The molecule has 0 heterocycles. The monoisotopic (exact) mass is 302 g/mol. The normalized spacial score (nSPS) is 12.1. The van der Waals surface area contributed by atoms with Crippen LogP contribution >= 0.6 is 0 Å². The first kappa shape index (κ1) is 18.5. The molecule has 0 fully saturated rings. The summed E-state index contributed by atoms with van der Waals surface area (Å²) in [5.74, 6) is 0.875. The Balaban J connectivity index is 3.44. The molecule has 22 heavy (non-hydrogen) atoms. The van der Waals surface area contributed by atoms with E-state index in [0.29, 0.717) is 6.61 Å². The summed E-state index contributed by atoms with van der Waals surface area (Å²) in [5.41, 5.74) is 3.30. The van der Waals surface area contributed by atoms with Crippen molar-refractivity contribution in [2.45, 2.75) is 54.4 Å². The highest BCUT2D eigenvalue weighted by atomic mass is 16.5. The maximum absolute atomic E-state index is 11.5. The number of carbonyl (C=O) groups is 1. The molecule has 0 aromatic heterocycles. The van der Waals surface area contributed by atoms with Gasteiger partial charge in [-0.3, -0.25) is 4.79 Å². The molecule has 1 rings (SSSR count). The van der Waals surface area contributed by atoms with Gasteiger partial charge >= 0.3 is 0 Å². The zero-order valence-electron chi connectivity index (χ0n) is 15.0. The molecule has 1 aromatic rings. The molecule has 1 aromatic carbocycles. The fourth-order valence-electron chi connectivity index (χ4n) is 2.55. The van der Waals surface area contributed by atoms with E-state index in [0.717, 1.165) is 41.6 Å². The summed E-state index contributed by atoms with van der Waals surface area (Å²) >= 11 is 0. The van der Waals surface area contributed by atoms with E-state index in [1.165, 1.54) is 0 Å². The van der Waals surface area contributed by atoms with E-state index >= 15 is 0 Å². The zero-order valence-corrected chi connectivity index (χ0v) is 15.0. The molecule has 0 spiro atoms. The number of ether oxygens (including phenoxy) is 1. The minimum atomic E-state index is 0.113. The molecular formula is C20H30O2. The first-order chi connectivity index (χ1) is 10.1. The van der Waals surface area contributed by atoms with Crippen molar-refractivity contribution in [1.82, 2.24) is 0 Å². The van der Waals surface area contributed by atoms with Crippen LogP contribution in [-0.2, 0) is 12.8 Å². The van der Waals surface area contributed by atoms with Crippen LogP contribution in [0.15, 0.2) is 24.8 Å². The van der Waals surface area contributed by atoms with Gasteiger partial charge in [-0.1, -0.05) is 54.2 Å². The Hall–Kier alpha value is -1.57. The van der Waals surface area contributed by atoms with Crippen LogP contribution in [0.4, 0.5) is 0 Å². The molecule has 0 bridgehead atoms. The second-order valence-corrected chi connectivity index (χ2v) is 8.30. The Labute approximate surface area is 135 Å². The number of hydrogen-bond donors (Lipinski definition) is 0. The van der Waals surface area contributed by atoms with Crippen molar-refractivity contribution in [3.8, 4) is 5.75 Å². The largest absolute Gasteiger partial charge is 0.489 e. The Kier molecular flexibility index (Phi) is 5.99. The van der Waals surface area contributed by atoms with Gasteiger partial charge in [-0.2, -0.15) is 0 Å². The third-order valence-electron chi connectivity index (χ3n) is 3.32. The first-order valence-corrected chi connectivity index (χ1v) is 7.91. The molecule has 0 N–H and O–H groups in total. The molecular weight excluding hydrogens is 272 g/mol. The van der Waals surface area contributed by atoms with Crippen LogP contribution in [0, 0.1) is 10.8 Å². The Morgan fingerprint density at radius 1 is 1.00 bits per heavy atom. The number of hydrogen-bond acceptors (Lipinski definition) is 2. The van der Waals surface area contributed by atoms with E-state index in [2.05, 4.69) is 48.1 Å². The first-order valence-electron chi connectivity index (χ1n) is 7.91. The number of benzene rings is 1. The van der Waals surface area contributed by atoms with Crippen LogP contribution in [0.5, 0.6) is 5.75 Å². The second-order valence-electron chi connectivity index (χ2n) is 8.30. The molecule has 0 aliphatic rings. The van der Waals surface area contributed by atoms with Crippen LogP contribution < -0.4 is 4.74 Å². The lowest BCUT2D eigenvalue weighted by Crippen LogP contribution is -2.18. The Morgan fingerprint density at radius 2 is 1.55 bits per heavy atom. The summed E-state index contributed by atoms with van der Waals surface area (Å²) in [4.78, 5) is 11.5. The maximum atomic E-state index is 11.5. The molecule has 0 amide bonds. The predicted octanol–water partition coefficient (Wildman–Crippen LogP) is 5.24. The fourth-order valence-corrected chi connectivity index (χ4v) is 2.55. The van der Waals surface area contributed by atoms with Crippen molar-refractivity contribution in [3.63, 3.8) is 0 Å². The van der Waals surface area contributed by atoms with Crippen LogP contribution in [0.2, 0.25) is 0 Å². The van der Waals surface area contributed by atoms with Gasteiger partial charge in [-0.15, -0.1) is 0 Å². The van der Waals surface area contributed by atoms with E-state index in [1.54, 1.807) is 6.08 Å². The lowest BCUT2D eigenvalue weighted by Gasteiger charge is -2.27. The SMILES string of the molecule is C=CCOc1ccc(C=O)c(CC(C)(C)C)c1CC(C)(C)C. The highest BCUT2D eigenvalue weighted by Crippen LogP contribution is 2.35. The number of carbonyl (C=O) groups excluding carboxylic acids is 1. The van der Waals surface area contributed by atoms with Gasteiger partial charge in [0.2, 0.25) is 0 Å². The Bertz CT molecular complexity index is 528. The topological polar surface area (TPSA) is 26.3 Å². The number of aldehydes is 1. The molecule has 0 aliphatic carbocycles. The van der Waals surface area contributed by atoms with Gasteiger partial charge in [0.05, 0.1) is 0 Å². The fraction of sp³-hybridized carbons (Fsp3) is 0.550. The third-order valence-corrected chi connectivity index (χ3v) is 3.32. The molecule has 2 heteroatoms. The molecule has 0 unspecified atom stereocenters. The summed E-state index contributed by atoms with van der Waals surface area (Å²) in [6, 6.07) is 3.79. The van der Waals surface area contributed by atoms with Crippen LogP contribution in [-0.4, -0.2) is 12.9 Å². The van der Waals surface area contributed by atoms with Crippen molar-refractivity contribution in [2.24, 2.45) is 10.8 Å². The van der Waals surface area contributed by atoms with Crippen LogP contribution in [0.3, 0.4) is 0 Å². The highest BCUT2D eigenvalue weighted by Gasteiger charge is 2.23. The van der Waals surface area contributed by atoms with Gasteiger partial charge in [0.25, 0.3) is 0 Å². The molecule has 0 aliphatic heterocycles. The van der Waals surface area contributed by atoms with Crippen molar-refractivity contribution >= 4 is 6.29 Å². The van der Waals surface area contributed by atoms with Crippen molar-refractivity contribution in [2.75, 3.05) is 6.61 Å². The predicted molar refractivity (Wildman–Crippen MR) is 93.8 cm³/mol. The number of rotatable bonds is 6. The summed E-state index contributed by atoms with van der Waals surface area (Å²) in [5, 5.41) is 0. The van der Waals surface area contributed by atoms with Crippen LogP contribution in [0.25, 0.3) is 0 Å². The second kappa shape index (κ2) is 7.13. The third kappa shape index (κ3) is 5.67. The van der Waals surface area contributed by atoms with Crippen molar-refractivity contribution < 1.29 is 9.53 Å². The van der Waals surface area contributed by atoms with Gasteiger partial charge < -0.3 is 4.74 Å². The van der Waals surface area contributed by atoms with Gasteiger partial charge in [-0.25, -0.2) is 0 Å². The summed E-state index contributed by atoms with van der Waals surface area (Å²) < 4.78 is 5.85. The minimum Gasteiger partial charge on any atom is -0.489 e. The van der Waals surface area contributed by atoms with Crippen molar-refractivity contribution in [3.05, 3.63) is 41.5 Å². The smallest absolute Gasteiger partial charge is 0.150 e. The molecule has 2 nitrogen and oxygen atoms in total. The van der Waals surface area contributed by atoms with E-state index in [4.69, 9.17) is 4.74 Å². The van der Waals surface area contributed by atoms with Gasteiger partial charge in [0, 0.05) is 5.56 Å². The average Bonchev–Trinajstić information content (AvgIpc) is 2.36. The molecule has 0 saturated carbocycles. The lowest BCUT2D eigenvalue weighted by atomic mass is 9.79. The standard InChI is InChI=1S/C20H30O2/c1-8-11-22-18-10-9-15(14-21)16(12-19(2,3)4)17(18)13-20(5,6)7/h8-10,14H,1,11-13H2,2-7H3. The van der Waals surface area contributed by atoms with Crippen molar-refractivity contribution in [1.29, 1.82) is 0 Å². The van der Waals surface area contributed by atoms with E-state index in [1.807, 2.05) is 12.1 Å². The highest BCUT2D eigenvalue weighted by molar-refractivity contribution is 5.79. The van der Waals surface area contributed by atoms with E-state index in [9.17, 15) is 4.79 Å². The summed E-state index contributed by atoms with van der Waals surface area (Å²) in [6.45, 7) is 17.4. The van der Waals surface area contributed by atoms with E-state index in [-0.39, 0.29) is 10.8 Å². The summed E-state index contributed by atoms with van der Waals surface area (Å²) in [6.07, 6.45) is 4.45. The lowest BCUT2D eigenvalue weighted by molar-refractivity contribution is 0.112. The summed E-state index contributed by atoms with van der Waals surface area (Å²) in [7, 11) is 0. The molecule has 0 saturated heterocycles. The van der Waals surface area contributed by atoms with E-state index < -0.39 is 0 Å². The van der Waals surface area contributed by atoms with Gasteiger partial charge in [-0.05, 0) is 46.9 Å². The van der Waals surface area contributed by atoms with Crippen LogP contribution in [0.1, 0.15) is 63.0 Å². The molecule has 122 valence electrons. The maximum Gasteiger partial charge on any atom is 0.150 e. The van der Waals surface area contributed by atoms with Gasteiger partial charge in [0.1, 0.15) is 18.6 Å².